The maximum absolute atomic E-state index is 12.5. The van der Waals surface area contributed by atoms with Crippen molar-refractivity contribution in [2.75, 3.05) is 6.61 Å². The lowest BCUT2D eigenvalue weighted by molar-refractivity contribution is -0.142. The molecule has 0 fully saturated rings. The van der Waals surface area contributed by atoms with E-state index < -0.39 is 5.60 Å². The minimum atomic E-state index is -0.500. The van der Waals surface area contributed by atoms with E-state index in [1.165, 1.54) is 0 Å². The van der Waals surface area contributed by atoms with Gasteiger partial charge in [0, 0.05) is 23.8 Å². The Hall–Kier alpha value is -2.78. The molecule has 0 radical (unpaired) electrons. The van der Waals surface area contributed by atoms with Gasteiger partial charge in [-0.05, 0) is 97.6 Å². The Kier molecular flexibility index (Phi) is 8.81. The maximum Gasteiger partial charge on any atom is 0.310 e. The summed E-state index contributed by atoms with van der Waals surface area (Å²) in [5.41, 5.74) is 7.06. The topological polar surface area (TPSA) is 77.2 Å². The highest BCUT2D eigenvalue weighted by molar-refractivity contribution is 9.10. The predicted octanol–water partition coefficient (Wildman–Crippen LogP) is 8.12. The first-order valence-corrected chi connectivity index (χ1v) is 14.5. The van der Waals surface area contributed by atoms with Crippen LogP contribution in [0.15, 0.2) is 53.1 Å². The SMILES string of the molecule is CC(C)(C)O.CCOC(=O)Cc1c(C)cc2nc(-c3ccc4c(n3)c(Br)cn4C)sc2c1-c1ccc(Cl)cc1. The molecule has 0 aliphatic rings. The molecule has 6 nitrogen and oxygen atoms in total. The molecule has 1 N–H and O–H groups in total. The summed E-state index contributed by atoms with van der Waals surface area (Å²) in [5, 5.41) is 10.0. The van der Waals surface area contributed by atoms with Crippen LogP contribution in [-0.4, -0.2) is 37.8 Å². The van der Waals surface area contributed by atoms with Crippen molar-refractivity contribution in [3.8, 4) is 21.8 Å². The lowest BCUT2D eigenvalue weighted by Gasteiger charge is -2.14. The highest BCUT2D eigenvalue weighted by atomic mass is 79.9. The molecule has 3 heterocycles. The molecule has 0 spiro atoms. The second-order valence-corrected chi connectivity index (χ2v) is 12.5. The molecule has 39 heavy (non-hydrogen) atoms. The van der Waals surface area contributed by atoms with Crippen LogP contribution < -0.4 is 0 Å². The fourth-order valence-electron chi connectivity index (χ4n) is 4.18. The number of rotatable bonds is 5. The lowest BCUT2D eigenvalue weighted by atomic mass is 9.93. The summed E-state index contributed by atoms with van der Waals surface area (Å²) in [7, 11) is 2.00. The summed E-state index contributed by atoms with van der Waals surface area (Å²) in [5.74, 6) is -0.244. The number of hydrogen-bond donors (Lipinski definition) is 1. The quantitative estimate of drug-likeness (QED) is 0.199. The third-order valence-electron chi connectivity index (χ3n) is 5.78. The standard InChI is InChI=1S/C26H21BrClN3O2S.C4H10O/c1-4-33-22(32)12-17-14(2)11-20-25(23(17)15-5-7-16(28)8-6-15)34-26(30-20)19-9-10-21-24(29-19)18(27)13-31(21)3;1-4(2,3)5/h5-11,13H,4,12H2,1-3H3;5H,1-3H3. The molecule has 2 aromatic carbocycles. The van der Waals surface area contributed by atoms with E-state index >= 15 is 0 Å². The number of aliphatic hydroxyl groups is 1. The molecule has 9 heteroatoms. The van der Waals surface area contributed by atoms with Crippen molar-refractivity contribution in [3.05, 3.63) is 69.3 Å². The Labute approximate surface area is 245 Å². The van der Waals surface area contributed by atoms with Crippen LogP contribution in [0.2, 0.25) is 5.02 Å². The highest BCUT2D eigenvalue weighted by Crippen LogP contribution is 2.41. The van der Waals surface area contributed by atoms with Gasteiger partial charge in [-0.3, -0.25) is 4.79 Å². The van der Waals surface area contributed by atoms with Gasteiger partial charge < -0.3 is 14.4 Å². The summed E-state index contributed by atoms with van der Waals surface area (Å²) in [4.78, 5) is 22.3. The number of thiazole rings is 1. The fourth-order valence-corrected chi connectivity index (χ4v) is 6.02. The number of nitrogens with zero attached hydrogens (tertiary/aromatic N) is 3. The van der Waals surface area contributed by atoms with Crippen LogP contribution in [0.1, 0.15) is 38.8 Å². The molecule has 0 unspecified atom stereocenters. The van der Waals surface area contributed by atoms with Gasteiger partial charge in [-0.15, -0.1) is 11.3 Å². The van der Waals surface area contributed by atoms with Gasteiger partial charge in [-0.2, -0.15) is 0 Å². The Morgan fingerprint density at radius 3 is 2.46 bits per heavy atom. The van der Waals surface area contributed by atoms with Crippen molar-refractivity contribution in [1.82, 2.24) is 14.5 Å². The number of aryl methyl sites for hydroxylation is 2. The van der Waals surface area contributed by atoms with Crippen LogP contribution >= 0.6 is 38.9 Å². The normalized spacial score (nSPS) is 11.5. The monoisotopic (exact) mass is 627 g/mol. The number of ether oxygens (including phenoxy) is 1. The Morgan fingerprint density at radius 2 is 1.82 bits per heavy atom. The van der Waals surface area contributed by atoms with Gasteiger partial charge in [-0.1, -0.05) is 23.7 Å². The number of aromatic nitrogens is 3. The fraction of sp³-hybridized carbons (Fsp3) is 0.300. The van der Waals surface area contributed by atoms with Gasteiger partial charge in [0.25, 0.3) is 0 Å². The van der Waals surface area contributed by atoms with E-state index in [-0.39, 0.29) is 12.4 Å². The minimum Gasteiger partial charge on any atom is -0.466 e. The molecule has 5 rings (SSSR count). The average molecular weight is 629 g/mol. The van der Waals surface area contributed by atoms with Gasteiger partial charge >= 0.3 is 5.97 Å². The number of fused-ring (bicyclic) bond motifs is 2. The van der Waals surface area contributed by atoms with Crippen LogP contribution in [-0.2, 0) is 23.0 Å². The first-order valence-electron chi connectivity index (χ1n) is 12.5. The average Bonchev–Trinajstić information content (AvgIpc) is 3.39. The zero-order chi connectivity index (χ0) is 28.5. The summed E-state index contributed by atoms with van der Waals surface area (Å²) in [6.07, 6.45) is 2.20. The highest BCUT2D eigenvalue weighted by Gasteiger charge is 2.21. The lowest BCUT2D eigenvalue weighted by Crippen LogP contribution is -2.10. The first kappa shape index (κ1) is 29.2. The van der Waals surface area contributed by atoms with Gasteiger partial charge in [0.15, 0.2) is 0 Å². The second kappa shape index (κ2) is 11.8. The van der Waals surface area contributed by atoms with E-state index in [0.717, 1.165) is 58.7 Å². The molecule has 204 valence electrons. The second-order valence-electron chi connectivity index (χ2n) is 10.2. The molecular weight excluding hydrogens is 598 g/mol. The predicted molar refractivity (Wildman–Crippen MR) is 165 cm³/mol. The molecule has 0 atom stereocenters. The summed E-state index contributed by atoms with van der Waals surface area (Å²) in [6, 6.07) is 13.8. The van der Waals surface area contributed by atoms with E-state index in [2.05, 4.69) is 22.0 Å². The minimum absolute atomic E-state index is 0.196. The van der Waals surface area contributed by atoms with E-state index in [1.807, 2.05) is 68.1 Å². The molecule has 5 aromatic rings. The van der Waals surface area contributed by atoms with Crippen molar-refractivity contribution >= 4 is 66.1 Å². The number of carbonyl (C=O) groups is 1. The van der Waals surface area contributed by atoms with E-state index in [0.29, 0.717) is 11.6 Å². The summed E-state index contributed by atoms with van der Waals surface area (Å²) in [6.45, 7) is 9.41. The van der Waals surface area contributed by atoms with Crippen molar-refractivity contribution in [1.29, 1.82) is 0 Å². The van der Waals surface area contributed by atoms with Crippen LogP contribution in [0, 0.1) is 6.92 Å². The molecule has 0 aliphatic heterocycles. The van der Waals surface area contributed by atoms with Crippen molar-refractivity contribution in [3.63, 3.8) is 0 Å². The number of halogens is 2. The van der Waals surface area contributed by atoms with Gasteiger partial charge in [0.1, 0.15) is 10.5 Å². The molecule has 0 aliphatic carbocycles. The third kappa shape index (κ3) is 6.87. The Morgan fingerprint density at radius 1 is 1.15 bits per heavy atom. The van der Waals surface area contributed by atoms with Gasteiger partial charge in [0.05, 0.1) is 44.5 Å². The number of carbonyl (C=O) groups excluding carboxylic acids is 1. The van der Waals surface area contributed by atoms with Crippen molar-refractivity contribution in [2.24, 2.45) is 7.05 Å². The zero-order valence-corrected chi connectivity index (χ0v) is 26.0. The number of pyridine rings is 1. The van der Waals surface area contributed by atoms with Crippen molar-refractivity contribution in [2.45, 2.75) is 46.6 Å². The maximum atomic E-state index is 12.5. The van der Waals surface area contributed by atoms with Crippen LogP contribution in [0.4, 0.5) is 0 Å². The molecule has 3 aromatic heterocycles. The van der Waals surface area contributed by atoms with Crippen LogP contribution in [0.25, 0.3) is 43.1 Å². The first-order chi connectivity index (χ1) is 18.4. The Balaban J connectivity index is 0.000000648. The molecular formula is C30H31BrClN3O3S. The van der Waals surface area contributed by atoms with E-state index in [9.17, 15) is 4.79 Å². The molecule has 0 amide bonds. The zero-order valence-electron chi connectivity index (χ0n) is 22.8. The Bertz CT molecular complexity index is 1650. The van der Waals surface area contributed by atoms with E-state index in [4.69, 9.17) is 31.4 Å². The van der Waals surface area contributed by atoms with Gasteiger partial charge in [-0.25, -0.2) is 9.97 Å². The summed E-state index contributed by atoms with van der Waals surface area (Å²) < 4.78 is 9.26. The van der Waals surface area contributed by atoms with Crippen LogP contribution in [0.3, 0.4) is 0 Å². The largest absolute Gasteiger partial charge is 0.466 e. The summed E-state index contributed by atoms with van der Waals surface area (Å²) >= 11 is 11.3. The smallest absolute Gasteiger partial charge is 0.310 e. The van der Waals surface area contributed by atoms with Crippen molar-refractivity contribution < 1.29 is 14.6 Å². The number of benzene rings is 2. The molecule has 0 bridgehead atoms. The number of hydrogen-bond acceptors (Lipinski definition) is 6. The van der Waals surface area contributed by atoms with Gasteiger partial charge in [0.2, 0.25) is 0 Å². The molecule has 0 saturated heterocycles. The molecule has 0 saturated carbocycles. The number of esters is 1. The third-order valence-corrected chi connectivity index (χ3v) is 7.72. The van der Waals surface area contributed by atoms with Crippen LogP contribution in [0.5, 0.6) is 0 Å². The van der Waals surface area contributed by atoms with E-state index in [1.54, 1.807) is 32.1 Å².